The molecule has 0 amide bonds. The molecule has 0 atom stereocenters. The number of nitrogen functional groups attached to an aromatic ring is 1. The first-order valence-electron chi connectivity index (χ1n) is 6.57. The van der Waals surface area contributed by atoms with Crippen molar-refractivity contribution in [1.29, 1.82) is 10.8 Å². The summed E-state index contributed by atoms with van der Waals surface area (Å²) in [7, 11) is 0. The van der Waals surface area contributed by atoms with Crippen LogP contribution in [0.5, 0.6) is 0 Å². The number of hydrogen-bond donors (Lipinski definition) is 4. The van der Waals surface area contributed by atoms with Crippen LogP contribution in [0.1, 0.15) is 16.7 Å². The van der Waals surface area contributed by atoms with E-state index < -0.39 is 0 Å². The predicted octanol–water partition coefficient (Wildman–Crippen LogP) is 2.56. The van der Waals surface area contributed by atoms with Crippen LogP contribution in [0, 0.1) is 17.7 Å². The summed E-state index contributed by atoms with van der Waals surface area (Å²) in [6, 6.07) is 12.1. The molecule has 112 valence electrons. The van der Waals surface area contributed by atoms with Gasteiger partial charge in [0.15, 0.2) is 0 Å². The molecule has 0 saturated carbocycles. The molecule has 0 unspecified atom stereocenters. The molecule has 22 heavy (non-hydrogen) atoms. The molecule has 2 aromatic carbocycles. The van der Waals surface area contributed by atoms with E-state index in [9.17, 15) is 0 Å². The minimum atomic E-state index is -0.147. The summed E-state index contributed by atoms with van der Waals surface area (Å²) >= 11 is 0. The number of amidine groups is 1. The maximum atomic E-state index is 7.87. The summed E-state index contributed by atoms with van der Waals surface area (Å²) in [5, 5.41) is 15.1. The quantitative estimate of drug-likeness (QED) is 0.395. The minimum absolute atomic E-state index is 0.0797. The van der Waals surface area contributed by atoms with Crippen LogP contribution in [0.3, 0.4) is 0 Å². The first-order valence-corrected chi connectivity index (χ1v) is 6.57. The molecule has 6 N–H and O–H groups in total. The Kier molecular flexibility index (Phi) is 4.53. The highest BCUT2D eigenvalue weighted by Crippen LogP contribution is 2.18. The van der Waals surface area contributed by atoms with Gasteiger partial charge in [-0.2, -0.15) is 4.99 Å². The lowest BCUT2D eigenvalue weighted by Gasteiger charge is -2.07. The monoisotopic (exact) mass is 295 g/mol. The van der Waals surface area contributed by atoms with Crippen LogP contribution in [-0.4, -0.2) is 18.1 Å². The van der Waals surface area contributed by atoms with Gasteiger partial charge in [-0.3, -0.25) is 5.41 Å². The number of ether oxygens (including phenoxy) is 1. The van der Waals surface area contributed by atoms with E-state index in [2.05, 4.69) is 4.99 Å². The Labute approximate surface area is 128 Å². The molecule has 0 aliphatic carbocycles. The van der Waals surface area contributed by atoms with E-state index in [1.165, 1.54) is 0 Å². The number of aliphatic imine (C=N–C) groups is 1. The van der Waals surface area contributed by atoms with Crippen LogP contribution < -0.4 is 11.5 Å². The Bertz CT molecular complexity index is 735. The summed E-state index contributed by atoms with van der Waals surface area (Å²) < 4.78 is 5.21. The van der Waals surface area contributed by atoms with Crippen molar-refractivity contribution in [2.24, 2.45) is 10.7 Å². The molecule has 0 spiro atoms. The van der Waals surface area contributed by atoms with Crippen molar-refractivity contribution in [1.82, 2.24) is 0 Å². The van der Waals surface area contributed by atoms with E-state index in [0.29, 0.717) is 22.5 Å². The Morgan fingerprint density at radius 3 is 2.50 bits per heavy atom. The molecular weight excluding hydrogens is 278 g/mol. The molecule has 0 aromatic heterocycles. The Hall–Kier alpha value is -3.15. The van der Waals surface area contributed by atoms with Crippen LogP contribution in [0.4, 0.5) is 11.4 Å². The third kappa shape index (κ3) is 3.69. The van der Waals surface area contributed by atoms with E-state index in [1.807, 2.05) is 19.1 Å². The van der Waals surface area contributed by atoms with Gasteiger partial charge < -0.3 is 21.6 Å². The van der Waals surface area contributed by atoms with E-state index in [0.717, 1.165) is 11.8 Å². The lowest BCUT2D eigenvalue weighted by Crippen LogP contribution is -2.20. The van der Waals surface area contributed by atoms with Gasteiger partial charge in [0.05, 0.1) is 5.69 Å². The van der Waals surface area contributed by atoms with Gasteiger partial charge in [-0.1, -0.05) is 17.7 Å². The molecule has 6 heteroatoms. The molecule has 0 saturated heterocycles. The zero-order valence-corrected chi connectivity index (χ0v) is 12.1. The number of benzene rings is 2. The molecule has 0 aliphatic heterocycles. The molecule has 0 heterocycles. The first kappa shape index (κ1) is 15.2. The standard InChI is InChI=1S/C16H17N5O/c1-10-2-4-11(5-3-10)15(19)22-16(20)21-13-6-7-14(18)12(8-13)9-17/h2-9,17,19H,18H2,1H3,(H2,20,21). The van der Waals surface area contributed by atoms with E-state index >= 15 is 0 Å². The van der Waals surface area contributed by atoms with Crippen molar-refractivity contribution < 1.29 is 4.74 Å². The fourth-order valence-electron chi connectivity index (χ4n) is 1.78. The van der Waals surface area contributed by atoms with Crippen molar-refractivity contribution >= 4 is 29.5 Å². The highest BCUT2D eigenvalue weighted by Gasteiger charge is 2.06. The van der Waals surface area contributed by atoms with Crippen molar-refractivity contribution in [3.8, 4) is 0 Å². The topological polar surface area (TPSA) is 121 Å². The lowest BCUT2D eigenvalue weighted by molar-refractivity contribution is 0.533. The second kappa shape index (κ2) is 6.53. The van der Waals surface area contributed by atoms with Gasteiger partial charge in [-0.15, -0.1) is 0 Å². The van der Waals surface area contributed by atoms with E-state index in [4.69, 9.17) is 27.0 Å². The van der Waals surface area contributed by atoms with Gasteiger partial charge in [0, 0.05) is 23.0 Å². The fraction of sp³-hybridized carbons (Fsp3) is 0.0625. The Morgan fingerprint density at radius 1 is 1.18 bits per heavy atom. The number of nitrogens with one attached hydrogen (secondary N) is 2. The maximum absolute atomic E-state index is 7.87. The summed E-state index contributed by atoms with van der Waals surface area (Å²) in [6.07, 6.45) is 1.14. The third-order valence-electron chi connectivity index (χ3n) is 2.99. The predicted molar refractivity (Wildman–Crippen MR) is 89.1 cm³/mol. The zero-order valence-electron chi connectivity index (χ0n) is 12.1. The molecule has 2 aromatic rings. The van der Waals surface area contributed by atoms with Crippen molar-refractivity contribution in [3.63, 3.8) is 0 Å². The lowest BCUT2D eigenvalue weighted by atomic mass is 10.1. The number of aryl methyl sites for hydroxylation is 1. The smallest absolute Gasteiger partial charge is 0.294 e. The van der Waals surface area contributed by atoms with Gasteiger partial charge in [0.25, 0.3) is 6.02 Å². The summed E-state index contributed by atoms with van der Waals surface area (Å²) in [4.78, 5) is 4.06. The number of nitrogens with zero attached hydrogens (tertiary/aromatic N) is 1. The summed E-state index contributed by atoms with van der Waals surface area (Å²) in [5.74, 6) is -0.0797. The SMILES string of the molecule is Cc1ccc(C(=N)OC(N)=Nc2ccc(N)c(C=N)c2)cc1. The summed E-state index contributed by atoms with van der Waals surface area (Å²) in [6.45, 7) is 1.96. The molecule has 0 aliphatic rings. The Morgan fingerprint density at radius 2 is 1.86 bits per heavy atom. The number of rotatable bonds is 3. The van der Waals surface area contributed by atoms with E-state index in [1.54, 1.807) is 30.3 Å². The van der Waals surface area contributed by atoms with Crippen LogP contribution >= 0.6 is 0 Å². The molecule has 6 nitrogen and oxygen atoms in total. The van der Waals surface area contributed by atoms with Crippen LogP contribution in [0.15, 0.2) is 47.5 Å². The summed E-state index contributed by atoms with van der Waals surface area (Å²) in [5.41, 5.74) is 14.6. The van der Waals surface area contributed by atoms with Crippen LogP contribution in [0.2, 0.25) is 0 Å². The fourth-order valence-corrected chi connectivity index (χ4v) is 1.78. The highest BCUT2D eigenvalue weighted by atomic mass is 16.5. The van der Waals surface area contributed by atoms with Crippen molar-refractivity contribution in [2.45, 2.75) is 6.92 Å². The number of nitrogens with two attached hydrogens (primary N) is 2. The molecule has 0 bridgehead atoms. The highest BCUT2D eigenvalue weighted by molar-refractivity contribution is 5.99. The van der Waals surface area contributed by atoms with Gasteiger partial charge in [-0.05, 0) is 37.3 Å². The number of anilines is 1. The van der Waals surface area contributed by atoms with Gasteiger partial charge in [-0.25, -0.2) is 0 Å². The Balaban J connectivity index is 2.14. The second-order valence-corrected chi connectivity index (χ2v) is 4.70. The van der Waals surface area contributed by atoms with Gasteiger partial charge in [0.2, 0.25) is 5.90 Å². The minimum Gasteiger partial charge on any atom is -0.407 e. The van der Waals surface area contributed by atoms with Crippen molar-refractivity contribution in [3.05, 3.63) is 59.2 Å². The normalized spacial score (nSPS) is 11.0. The molecule has 2 rings (SSSR count). The van der Waals surface area contributed by atoms with Gasteiger partial charge >= 0.3 is 0 Å². The molecular formula is C16H17N5O. The average molecular weight is 295 g/mol. The number of hydrogen-bond acceptors (Lipinski definition) is 5. The molecule has 0 fully saturated rings. The van der Waals surface area contributed by atoms with E-state index in [-0.39, 0.29) is 11.9 Å². The van der Waals surface area contributed by atoms with Crippen molar-refractivity contribution in [2.75, 3.05) is 5.73 Å². The molecule has 0 radical (unpaired) electrons. The van der Waals surface area contributed by atoms with Crippen LogP contribution in [-0.2, 0) is 4.74 Å². The maximum Gasteiger partial charge on any atom is 0.294 e. The zero-order chi connectivity index (χ0) is 16.1. The first-order chi connectivity index (χ1) is 10.5. The largest absolute Gasteiger partial charge is 0.407 e. The van der Waals surface area contributed by atoms with Crippen LogP contribution in [0.25, 0.3) is 0 Å². The average Bonchev–Trinajstić information content (AvgIpc) is 2.49. The van der Waals surface area contributed by atoms with Gasteiger partial charge in [0.1, 0.15) is 0 Å². The third-order valence-corrected chi connectivity index (χ3v) is 2.99. The second-order valence-electron chi connectivity index (χ2n) is 4.70.